The topological polar surface area (TPSA) is 84.5 Å². The zero-order valence-electron chi connectivity index (χ0n) is 16.0. The van der Waals surface area contributed by atoms with Gasteiger partial charge in [-0.25, -0.2) is 8.78 Å². The third-order valence-electron chi connectivity index (χ3n) is 4.33. The van der Waals surface area contributed by atoms with Gasteiger partial charge in [-0.15, -0.1) is 0 Å². The van der Waals surface area contributed by atoms with E-state index in [1.54, 1.807) is 13.8 Å². The second-order valence-corrected chi connectivity index (χ2v) is 6.73. The van der Waals surface area contributed by atoms with Crippen LogP contribution in [0.25, 0.3) is 0 Å². The van der Waals surface area contributed by atoms with E-state index in [2.05, 4.69) is 10.6 Å². The molecule has 0 unspecified atom stereocenters. The number of carbonyl (C=O) groups is 3. The van der Waals surface area contributed by atoms with Crippen LogP contribution >= 0.6 is 0 Å². The van der Waals surface area contributed by atoms with Gasteiger partial charge in [-0.2, -0.15) is 0 Å². The second kappa shape index (κ2) is 9.99. The van der Waals surface area contributed by atoms with E-state index in [9.17, 15) is 23.2 Å². The molecule has 2 amide bonds. The molecule has 1 aromatic rings. The molecule has 150 valence electrons. The van der Waals surface area contributed by atoms with Gasteiger partial charge in [0.2, 0.25) is 5.91 Å². The smallest absolute Gasteiger partial charge is 0.308 e. The maximum Gasteiger partial charge on any atom is 0.308 e. The molecule has 1 rings (SSSR count). The summed E-state index contributed by atoms with van der Waals surface area (Å²) in [5, 5.41) is 5.21. The zero-order chi connectivity index (χ0) is 20.6. The Bertz CT molecular complexity index is 694. The molecule has 2 N–H and O–H groups in total. The predicted molar refractivity (Wildman–Crippen MR) is 95.9 cm³/mol. The van der Waals surface area contributed by atoms with E-state index in [0.29, 0.717) is 6.07 Å². The van der Waals surface area contributed by atoms with Gasteiger partial charge >= 0.3 is 5.97 Å². The molecule has 8 heteroatoms. The van der Waals surface area contributed by atoms with Crippen LogP contribution in [0.4, 0.5) is 8.78 Å². The SMILES string of the molecule is CCOC(=O)C[C@@](C)(NC(=O)CCNC(=O)c1ccc(F)cc1F)C(C)C. The third-order valence-corrected chi connectivity index (χ3v) is 4.33. The van der Waals surface area contributed by atoms with Crippen molar-refractivity contribution in [3.63, 3.8) is 0 Å². The molecule has 0 spiro atoms. The van der Waals surface area contributed by atoms with Crippen LogP contribution in [0.15, 0.2) is 18.2 Å². The minimum absolute atomic E-state index is 0.0252. The molecule has 0 aliphatic carbocycles. The summed E-state index contributed by atoms with van der Waals surface area (Å²) in [6.07, 6.45) is -0.0307. The lowest BCUT2D eigenvalue weighted by atomic mass is 9.85. The normalized spacial score (nSPS) is 13.0. The quantitative estimate of drug-likeness (QED) is 0.641. The van der Waals surface area contributed by atoms with Crippen molar-refractivity contribution in [1.29, 1.82) is 0 Å². The molecule has 0 aliphatic heterocycles. The van der Waals surface area contributed by atoms with Gasteiger partial charge in [0.15, 0.2) is 0 Å². The van der Waals surface area contributed by atoms with Crippen molar-refractivity contribution in [3.8, 4) is 0 Å². The summed E-state index contributed by atoms with van der Waals surface area (Å²) in [6, 6.07) is 2.63. The Morgan fingerprint density at radius 1 is 1.22 bits per heavy atom. The van der Waals surface area contributed by atoms with Crippen molar-refractivity contribution in [2.24, 2.45) is 5.92 Å². The van der Waals surface area contributed by atoms with E-state index in [4.69, 9.17) is 4.74 Å². The second-order valence-electron chi connectivity index (χ2n) is 6.73. The van der Waals surface area contributed by atoms with E-state index in [1.807, 2.05) is 13.8 Å². The molecule has 0 saturated carbocycles. The number of hydrogen-bond acceptors (Lipinski definition) is 4. The van der Waals surface area contributed by atoms with Crippen molar-refractivity contribution in [1.82, 2.24) is 10.6 Å². The monoisotopic (exact) mass is 384 g/mol. The van der Waals surface area contributed by atoms with Gasteiger partial charge in [-0.1, -0.05) is 13.8 Å². The minimum atomic E-state index is -0.973. The van der Waals surface area contributed by atoms with Crippen molar-refractivity contribution in [3.05, 3.63) is 35.4 Å². The van der Waals surface area contributed by atoms with Crippen LogP contribution in [0.2, 0.25) is 0 Å². The number of ether oxygens (including phenoxy) is 1. The van der Waals surface area contributed by atoms with Crippen molar-refractivity contribution in [2.45, 2.75) is 46.1 Å². The van der Waals surface area contributed by atoms with E-state index in [0.717, 1.165) is 12.1 Å². The Kier molecular flexibility index (Phi) is 8.33. The summed E-state index contributed by atoms with van der Waals surface area (Å²) in [7, 11) is 0. The molecule has 1 aromatic carbocycles. The van der Waals surface area contributed by atoms with Gasteiger partial charge in [-0.05, 0) is 31.9 Å². The molecule has 0 aliphatic rings. The third kappa shape index (κ3) is 6.96. The number of benzene rings is 1. The van der Waals surface area contributed by atoms with Crippen molar-refractivity contribution < 1.29 is 27.9 Å². The standard InChI is InChI=1S/C19H26F2N2O4/c1-5-27-17(25)11-19(4,12(2)3)23-16(24)8-9-22-18(26)14-7-6-13(20)10-15(14)21/h6-7,10,12H,5,8-9,11H2,1-4H3,(H,22,26)(H,23,24)/t19-/m1/s1. The molecule has 0 aromatic heterocycles. The molecule has 0 saturated heterocycles. The molecule has 6 nitrogen and oxygen atoms in total. The Morgan fingerprint density at radius 2 is 1.89 bits per heavy atom. The van der Waals surface area contributed by atoms with E-state index in [1.165, 1.54) is 0 Å². The van der Waals surface area contributed by atoms with Gasteiger partial charge in [-0.3, -0.25) is 14.4 Å². The van der Waals surface area contributed by atoms with Crippen molar-refractivity contribution in [2.75, 3.05) is 13.2 Å². The van der Waals surface area contributed by atoms with E-state index in [-0.39, 0.29) is 43.4 Å². The highest BCUT2D eigenvalue weighted by Gasteiger charge is 2.33. The Labute approximate surface area is 157 Å². The summed E-state index contributed by atoms with van der Waals surface area (Å²) in [6.45, 7) is 7.42. The predicted octanol–water partition coefficient (Wildman–Crippen LogP) is 2.57. The number of amides is 2. The number of hydrogen-bond donors (Lipinski definition) is 2. The number of carbonyl (C=O) groups excluding carboxylic acids is 3. The maximum atomic E-state index is 13.6. The number of esters is 1. The summed E-state index contributed by atoms with van der Waals surface area (Å²) in [5.41, 5.74) is -1.10. The van der Waals surface area contributed by atoms with E-state index < -0.39 is 29.0 Å². The zero-order valence-corrected chi connectivity index (χ0v) is 16.0. The highest BCUT2D eigenvalue weighted by molar-refractivity contribution is 5.94. The first-order valence-corrected chi connectivity index (χ1v) is 8.79. The molecule has 1 atom stereocenters. The van der Waals surface area contributed by atoms with Crippen LogP contribution in [-0.2, 0) is 14.3 Å². The fraction of sp³-hybridized carbons (Fsp3) is 0.526. The molecule has 27 heavy (non-hydrogen) atoms. The minimum Gasteiger partial charge on any atom is -0.466 e. The summed E-state index contributed by atoms with van der Waals surface area (Å²) in [5.74, 6) is -3.30. The van der Waals surface area contributed by atoms with E-state index >= 15 is 0 Å². The first-order valence-electron chi connectivity index (χ1n) is 8.79. The summed E-state index contributed by atoms with van der Waals surface area (Å²) < 4.78 is 31.4. The van der Waals surface area contributed by atoms with Gasteiger partial charge in [0.05, 0.1) is 18.6 Å². The molecular weight excluding hydrogens is 358 g/mol. The van der Waals surface area contributed by atoms with Crippen LogP contribution in [0.5, 0.6) is 0 Å². The largest absolute Gasteiger partial charge is 0.466 e. The average Bonchev–Trinajstić information content (AvgIpc) is 2.54. The Morgan fingerprint density at radius 3 is 2.44 bits per heavy atom. The summed E-state index contributed by atoms with van der Waals surface area (Å²) in [4.78, 5) is 35.9. The molecule has 0 radical (unpaired) electrons. The van der Waals surface area contributed by atoms with Gasteiger partial charge in [0.1, 0.15) is 11.6 Å². The van der Waals surface area contributed by atoms with Crippen LogP contribution in [-0.4, -0.2) is 36.5 Å². The van der Waals surface area contributed by atoms with Crippen LogP contribution < -0.4 is 10.6 Å². The van der Waals surface area contributed by atoms with Crippen LogP contribution in [0.3, 0.4) is 0 Å². The highest BCUT2D eigenvalue weighted by Crippen LogP contribution is 2.21. The first kappa shape index (κ1) is 22.5. The van der Waals surface area contributed by atoms with Crippen molar-refractivity contribution >= 4 is 17.8 Å². The van der Waals surface area contributed by atoms with Gasteiger partial charge < -0.3 is 15.4 Å². The fourth-order valence-electron chi connectivity index (χ4n) is 2.34. The van der Waals surface area contributed by atoms with Crippen LogP contribution in [0.1, 0.15) is 50.9 Å². The average molecular weight is 384 g/mol. The molecule has 0 heterocycles. The molecular formula is C19H26F2N2O4. The lowest BCUT2D eigenvalue weighted by Gasteiger charge is -2.34. The fourth-order valence-corrected chi connectivity index (χ4v) is 2.34. The highest BCUT2D eigenvalue weighted by atomic mass is 19.1. The Hall–Kier alpha value is -2.51. The number of halogens is 2. The Balaban J connectivity index is 2.57. The number of nitrogens with one attached hydrogen (secondary N) is 2. The summed E-state index contributed by atoms with van der Waals surface area (Å²) >= 11 is 0. The maximum absolute atomic E-state index is 13.6. The lowest BCUT2D eigenvalue weighted by Crippen LogP contribution is -2.52. The van der Waals surface area contributed by atoms with Gasteiger partial charge in [0.25, 0.3) is 5.91 Å². The first-order chi connectivity index (χ1) is 12.6. The van der Waals surface area contributed by atoms with Crippen LogP contribution in [0, 0.1) is 17.6 Å². The lowest BCUT2D eigenvalue weighted by molar-refractivity contribution is -0.145. The number of rotatable bonds is 9. The molecule has 0 fully saturated rings. The molecule has 0 bridgehead atoms. The van der Waals surface area contributed by atoms with Gasteiger partial charge in [0, 0.05) is 24.6 Å².